The second-order valence-corrected chi connectivity index (χ2v) is 4.86. The van der Waals surface area contributed by atoms with Crippen molar-refractivity contribution in [3.63, 3.8) is 0 Å². The van der Waals surface area contributed by atoms with Gasteiger partial charge in [-0.25, -0.2) is 0 Å². The van der Waals surface area contributed by atoms with E-state index in [1.165, 1.54) is 19.3 Å². The summed E-state index contributed by atoms with van der Waals surface area (Å²) in [5, 5.41) is 6.71. The number of nitrogens with zero attached hydrogens (tertiary/aromatic N) is 2. The highest BCUT2D eigenvalue weighted by molar-refractivity contribution is 5.79. The highest BCUT2D eigenvalue weighted by atomic mass is 15.2. The van der Waals surface area contributed by atoms with Crippen molar-refractivity contribution in [3.8, 4) is 0 Å². The van der Waals surface area contributed by atoms with Crippen molar-refractivity contribution in [1.29, 1.82) is 0 Å². The summed E-state index contributed by atoms with van der Waals surface area (Å²) in [5.41, 5.74) is 0. The number of hydrogen-bond donors (Lipinski definition) is 2. The lowest BCUT2D eigenvalue weighted by atomic mass is 10.2. The average molecular weight is 256 g/mol. The summed E-state index contributed by atoms with van der Waals surface area (Å²) in [4.78, 5) is 6.67. The van der Waals surface area contributed by atoms with E-state index < -0.39 is 0 Å². The molecule has 0 spiro atoms. The Morgan fingerprint density at radius 3 is 2.28 bits per heavy atom. The fourth-order valence-electron chi connectivity index (χ4n) is 1.90. The van der Waals surface area contributed by atoms with Crippen LogP contribution >= 0.6 is 0 Å². The predicted molar refractivity (Wildman–Crippen MR) is 81.3 cm³/mol. The van der Waals surface area contributed by atoms with Gasteiger partial charge >= 0.3 is 0 Å². The van der Waals surface area contributed by atoms with E-state index in [1.54, 1.807) is 0 Å². The highest BCUT2D eigenvalue weighted by Crippen LogP contribution is 1.95. The van der Waals surface area contributed by atoms with Crippen molar-refractivity contribution in [2.75, 3.05) is 33.2 Å². The maximum atomic E-state index is 4.23. The van der Waals surface area contributed by atoms with Gasteiger partial charge in [0.1, 0.15) is 0 Å². The lowest BCUT2D eigenvalue weighted by Gasteiger charge is -2.25. The van der Waals surface area contributed by atoms with E-state index in [1.807, 2.05) is 7.05 Å². The number of likely N-dealkylation sites (N-methyl/N-ethyl adjacent to an activating group) is 1. The van der Waals surface area contributed by atoms with E-state index in [0.717, 1.165) is 32.1 Å². The number of nitrogens with one attached hydrogen (secondary N) is 2. The summed E-state index contributed by atoms with van der Waals surface area (Å²) in [6.45, 7) is 13.0. The molecule has 0 aliphatic carbocycles. The van der Waals surface area contributed by atoms with Crippen molar-refractivity contribution in [2.45, 2.75) is 53.0 Å². The Bertz CT molecular complexity index is 214. The van der Waals surface area contributed by atoms with Crippen molar-refractivity contribution in [2.24, 2.45) is 4.99 Å². The maximum Gasteiger partial charge on any atom is 0.191 e. The fourth-order valence-corrected chi connectivity index (χ4v) is 1.90. The molecule has 0 saturated heterocycles. The van der Waals surface area contributed by atoms with E-state index in [9.17, 15) is 0 Å². The van der Waals surface area contributed by atoms with Crippen LogP contribution in [0.2, 0.25) is 0 Å². The van der Waals surface area contributed by atoms with Gasteiger partial charge in [-0.3, -0.25) is 9.89 Å². The Morgan fingerprint density at radius 2 is 1.78 bits per heavy atom. The smallest absolute Gasteiger partial charge is 0.191 e. The van der Waals surface area contributed by atoms with Gasteiger partial charge in [0.25, 0.3) is 0 Å². The molecule has 0 aromatic rings. The van der Waals surface area contributed by atoms with Gasteiger partial charge in [0.15, 0.2) is 5.96 Å². The van der Waals surface area contributed by atoms with Crippen LogP contribution in [0.25, 0.3) is 0 Å². The van der Waals surface area contributed by atoms with Crippen molar-refractivity contribution in [1.82, 2.24) is 15.5 Å². The maximum absolute atomic E-state index is 4.23. The molecule has 108 valence electrons. The third kappa shape index (κ3) is 8.34. The second kappa shape index (κ2) is 11.3. The van der Waals surface area contributed by atoms with Gasteiger partial charge in [-0.1, -0.05) is 26.7 Å². The zero-order valence-electron chi connectivity index (χ0n) is 12.9. The Hall–Kier alpha value is -0.770. The topological polar surface area (TPSA) is 39.7 Å². The van der Waals surface area contributed by atoms with Crippen LogP contribution in [0.3, 0.4) is 0 Å². The Balaban J connectivity index is 3.74. The zero-order valence-corrected chi connectivity index (χ0v) is 12.9. The molecule has 0 aliphatic rings. The molecule has 0 fully saturated rings. The summed E-state index contributed by atoms with van der Waals surface area (Å²) >= 11 is 0. The molecule has 4 heteroatoms. The van der Waals surface area contributed by atoms with Crippen LogP contribution in [-0.2, 0) is 0 Å². The predicted octanol–water partition coefficient (Wildman–Crippen LogP) is 2.07. The molecular weight excluding hydrogens is 224 g/mol. The molecule has 2 N–H and O–H groups in total. The highest BCUT2D eigenvalue weighted by Gasteiger charge is 2.06. The number of aliphatic imine (C=N–C) groups is 1. The molecule has 0 bridgehead atoms. The Labute approximate surface area is 113 Å². The van der Waals surface area contributed by atoms with Gasteiger partial charge in [-0.05, 0) is 26.8 Å². The summed E-state index contributed by atoms with van der Waals surface area (Å²) in [5.74, 6) is 0.922. The van der Waals surface area contributed by atoms with E-state index in [0.29, 0.717) is 6.04 Å². The van der Waals surface area contributed by atoms with E-state index >= 15 is 0 Å². The van der Waals surface area contributed by atoms with Gasteiger partial charge < -0.3 is 10.6 Å². The Morgan fingerprint density at radius 1 is 1.11 bits per heavy atom. The molecule has 0 saturated carbocycles. The van der Waals surface area contributed by atoms with Crippen LogP contribution < -0.4 is 10.6 Å². The van der Waals surface area contributed by atoms with Gasteiger partial charge in [-0.2, -0.15) is 0 Å². The number of hydrogen-bond acceptors (Lipinski definition) is 2. The summed E-state index contributed by atoms with van der Waals surface area (Å²) in [6, 6.07) is 0.608. The minimum atomic E-state index is 0.608. The number of unbranched alkanes of at least 4 members (excludes halogenated alkanes) is 2. The minimum absolute atomic E-state index is 0.608. The van der Waals surface area contributed by atoms with Gasteiger partial charge in [-0.15, -0.1) is 0 Å². The normalized spacial score (nSPS) is 12.3. The average Bonchev–Trinajstić information content (AvgIpc) is 2.36. The molecule has 0 aliphatic heterocycles. The third-order valence-electron chi connectivity index (χ3n) is 3.12. The number of rotatable bonds is 9. The first-order valence-electron chi connectivity index (χ1n) is 7.34. The third-order valence-corrected chi connectivity index (χ3v) is 3.12. The van der Waals surface area contributed by atoms with Crippen LogP contribution in [0.5, 0.6) is 0 Å². The molecule has 4 nitrogen and oxygen atoms in total. The van der Waals surface area contributed by atoms with Crippen LogP contribution in [0.4, 0.5) is 0 Å². The quantitative estimate of drug-likeness (QED) is 0.377. The van der Waals surface area contributed by atoms with Crippen LogP contribution in [0.15, 0.2) is 4.99 Å². The molecule has 0 radical (unpaired) electrons. The summed E-state index contributed by atoms with van der Waals surface area (Å²) < 4.78 is 0. The molecule has 0 atom stereocenters. The van der Waals surface area contributed by atoms with Crippen molar-refractivity contribution >= 4 is 5.96 Å². The van der Waals surface area contributed by atoms with Gasteiger partial charge in [0.05, 0.1) is 0 Å². The lowest BCUT2D eigenvalue weighted by molar-refractivity contribution is 0.237. The zero-order chi connectivity index (χ0) is 13.8. The molecule has 18 heavy (non-hydrogen) atoms. The summed E-state index contributed by atoms with van der Waals surface area (Å²) in [6.07, 6.45) is 3.75. The van der Waals surface area contributed by atoms with Crippen molar-refractivity contribution in [3.05, 3.63) is 0 Å². The molecule has 0 rings (SSSR count). The van der Waals surface area contributed by atoms with Crippen LogP contribution in [0.1, 0.15) is 47.0 Å². The van der Waals surface area contributed by atoms with Crippen molar-refractivity contribution < 1.29 is 0 Å². The first kappa shape index (κ1) is 17.2. The fraction of sp³-hybridized carbons (Fsp3) is 0.929. The van der Waals surface area contributed by atoms with E-state index in [2.05, 4.69) is 48.2 Å². The monoisotopic (exact) mass is 256 g/mol. The van der Waals surface area contributed by atoms with Gasteiger partial charge in [0, 0.05) is 32.7 Å². The van der Waals surface area contributed by atoms with Crippen LogP contribution in [-0.4, -0.2) is 50.1 Å². The van der Waals surface area contributed by atoms with Gasteiger partial charge in [0.2, 0.25) is 0 Å². The lowest BCUT2D eigenvalue weighted by Crippen LogP contribution is -2.43. The minimum Gasteiger partial charge on any atom is -0.356 e. The first-order valence-corrected chi connectivity index (χ1v) is 7.34. The molecule has 0 aromatic carbocycles. The van der Waals surface area contributed by atoms with Crippen LogP contribution in [0, 0.1) is 0 Å². The van der Waals surface area contributed by atoms with E-state index in [4.69, 9.17) is 0 Å². The summed E-state index contributed by atoms with van der Waals surface area (Å²) in [7, 11) is 1.83. The van der Waals surface area contributed by atoms with E-state index in [-0.39, 0.29) is 0 Å². The molecule has 0 aromatic heterocycles. The Kier molecular flexibility index (Phi) is 10.8. The molecular formula is C14H32N4. The molecule has 0 amide bonds. The SMILES string of the molecule is CCCCCNC(=NC)NCCN(CC)C(C)C. The number of guanidine groups is 1. The standard InChI is InChI=1S/C14H32N4/c1-6-8-9-10-16-14(15-5)17-11-12-18(7-2)13(3)4/h13H,6-12H2,1-5H3,(H2,15,16,17). The molecule has 0 unspecified atom stereocenters. The molecule has 0 heterocycles. The largest absolute Gasteiger partial charge is 0.356 e. The first-order chi connectivity index (χ1) is 8.65. The second-order valence-electron chi connectivity index (χ2n) is 4.86.